The summed E-state index contributed by atoms with van der Waals surface area (Å²) in [6.07, 6.45) is -0.0187. The quantitative estimate of drug-likeness (QED) is 0.569. The van der Waals surface area contributed by atoms with Crippen LogP contribution in [0.15, 0.2) is 0 Å². The normalized spacial score (nSPS) is 35.1. The van der Waals surface area contributed by atoms with Gasteiger partial charge in [-0.15, -0.1) is 0 Å². The fraction of sp³-hybridized carbons (Fsp3) is 1.00. The van der Waals surface area contributed by atoms with Crippen LogP contribution in [-0.2, 0) is 4.74 Å². The Labute approximate surface area is 61.0 Å². The average molecular weight is 147 g/mol. The Balaban J connectivity index is 2.31. The molecular weight excluding hydrogens is 133 g/mol. The van der Waals surface area contributed by atoms with Crippen LogP contribution in [0.2, 0.25) is 0 Å². The smallest absolute Gasteiger partial charge is 0.114 e. The molecule has 2 atom stereocenters. The molecule has 0 unspecified atom stereocenters. The van der Waals surface area contributed by atoms with Gasteiger partial charge < -0.3 is 4.74 Å². The summed E-state index contributed by atoms with van der Waals surface area (Å²) in [4.78, 5) is 2.01. The lowest BCUT2D eigenvalue weighted by Gasteiger charge is -2.16. The van der Waals surface area contributed by atoms with Crippen LogP contribution in [0, 0.1) is 0 Å². The Bertz CT molecular complexity index is 110. The van der Waals surface area contributed by atoms with Gasteiger partial charge in [0.05, 0.1) is 6.61 Å². The largest absolute Gasteiger partial charge is 0.383 e. The number of halogens is 1. The number of ether oxygens (including phenoxy) is 1. The van der Waals surface area contributed by atoms with Crippen molar-refractivity contribution >= 4 is 0 Å². The molecule has 2 nitrogen and oxygen atoms in total. The lowest BCUT2D eigenvalue weighted by Crippen LogP contribution is -2.28. The van der Waals surface area contributed by atoms with E-state index in [2.05, 4.69) is 0 Å². The minimum absolute atomic E-state index is 0.292. The summed E-state index contributed by atoms with van der Waals surface area (Å²) < 4.78 is 17.6. The third kappa shape index (κ3) is 1.67. The molecule has 1 saturated heterocycles. The topological polar surface area (TPSA) is 12.5 Å². The van der Waals surface area contributed by atoms with E-state index in [1.54, 1.807) is 7.11 Å². The van der Waals surface area contributed by atoms with Crippen LogP contribution in [0.3, 0.4) is 0 Å². The zero-order valence-corrected chi connectivity index (χ0v) is 6.51. The standard InChI is InChI=1S/C7H14FNO/c1-9-4-6(8)3-7(9)5-10-2/h6-7H,3-5H2,1-2H3/t6-,7-/m0/s1. The van der Waals surface area contributed by atoms with Crippen LogP contribution >= 0.6 is 0 Å². The number of likely N-dealkylation sites (N-methyl/N-ethyl adjacent to an activating group) is 1. The van der Waals surface area contributed by atoms with E-state index in [-0.39, 0.29) is 0 Å². The molecular formula is C7H14FNO. The SMILES string of the molecule is COC[C@@H]1C[C@H](F)CN1C. The van der Waals surface area contributed by atoms with E-state index in [0.29, 0.717) is 25.6 Å². The first-order chi connectivity index (χ1) is 4.74. The predicted molar refractivity (Wildman–Crippen MR) is 37.8 cm³/mol. The van der Waals surface area contributed by atoms with E-state index in [0.717, 1.165) is 0 Å². The highest BCUT2D eigenvalue weighted by molar-refractivity contribution is 4.82. The summed E-state index contributed by atoms with van der Waals surface area (Å²) in [6, 6.07) is 0.292. The minimum Gasteiger partial charge on any atom is -0.383 e. The van der Waals surface area contributed by atoms with Crippen LogP contribution in [0.25, 0.3) is 0 Å². The molecule has 1 aliphatic heterocycles. The fourth-order valence-electron chi connectivity index (χ4n) is 1.40. The highest BCUT2D eigenvalue weighted by Crippen LogP contribution is 2.17. The number of nitrogens with zero attached hydrogens (tertiary/aromatic N) is 1. The van der Waals surface area contributed by atoms with Gasteiger partial charge in [0.15, 0.2) is 0 Å². The molecule has 60 valence electrons. The molecule has 0 aromatic rings. The zero-order valence-electron chi connectivity index (χ0n) is 6.51. The average Bonchev–Trinajstić information content (AvgIpc) is 2.13. The number of alkyl halides is 1. The van der Waals surface area contributed by atoms with Gasteiger partial charge in [-0.05, 0) is 13.5 Å². The maximum atomic E-state index is 12.7. The molecule has 0 aliphatic carbocycles. The Morgan fingerprint density at radius 2 is 2.40 bits per heavy atom. The van der Waals surface area contributed by atoms with Crippen molar-refractivity contribution in [2.24, 2.45) is 0 Å². The third-order valence-electron chi connectivity index (χ3n) is 2.00. The Kier molecular flexibility index (Phi) is 2.63. The molecule has 1 heterocycles. The van der Waals surface area contributed by atoms with Crippen LogP contribution in [0.4, 0.5) is 4.39 Å². The van der Waals surface area contributed by atoms with E-state index in [9.17, 15) is 4.39 Å². The Morgan fingerprint density at radius 1 is 1.70 bits per heavy atom. The van der Waals surface area contributed by atoms with E-state index < -0.39 is 6.17 Å². The van der Waals surface area contributed by atoms with Gasteiger partial charge in [-0.1, -0.05) is 0 Å². The van der Waals surface area contributed by atoms with Crippen LogP contribution in [0.5, 0.6) is 0 Å². The molecule has 0 saturated carbocycles. The van der Waals surface area contributed by atoms with Crippen molar-refractivity contribution in [2.75, 3.05) is 27.3 Å². The molecule has 0 aromatic carbocycles. The molecule has 10 heavy (non-hydrogen) atoms. The first-order valence-corrected chi connectivity index (χ1v) is 3.57. The van der Waals surface area contributed by atoms with Crippen molar-refractivity contribution < 1.29 is 9.13 Å². The third-order valence-corrected chi connectivity index (χ3v) is 2.00. The maximum absolute atomic E-state index is 12.7. The number of likely N-dealkylation sites (tertiary alicyclic amines) is 1. The lowest BCUT2D eigenvalue weighted by atomic mass is 10.2. The van der Waals surface area contributed by atoms with E-state index in [1.165, 1.54) is 0 Å². The monoisotopic (exact) mass is 147 g/mol. The van der Waals surface area contributed by atoms with Crippen molar-refractivity contribution in [2.45, 2.75) is 18.6 Å². The van der Waals surface area contributed by atoms with Gasteiger partial charge in [-0.3, -0.25) is 4.90 Å². The summed E-state index contributed by atoms with van der Waals surface area (Å²) in [5.74, 6) is 0. The van der Waals surface area contributed by atoms with Crippen LogP contribution in [0.1, 0.15) is 6.42 Å². The highest BCUT2D eigenvalue weighted by atomic mass is 19.1. The number of hydrogen-bond donors (Lipinski definition) is 0. The Hall–Kier alpha value is -0.150. The van der Waals surface area contributed by atoms with Crippen LogP contribution < -0.4 is 0 Å². The van der Waals surface area contributed by atoms with Gasteiger partial charge in [0.2, 0.25) is 0 Å². The fourth-order valence-corrected chi connectivity index (χ4v) is 1.40. The van der Waals surface area contributed by atoms with E-state index in [1.807, 2.05) is 11.9 Å². The number of methoxy groups -OCH3 is 1. The zero-order chi connectivity index (χ0) is 7.56. The summed E-state index contributed by atoms with van der Waals surface area (Å²) in [6.45, 7) is 1.21. The number of rotatable bonds is 2. The van der Waals surface area contributed by atoms with Gasteiger partial charge in [-0.2, -0.15) is 0 Å². The molecule has 0 N–H and O–H groups in total. The second-order valence-corrected chi connectivity index (χ2v) is 2.88. The van der Waals surface area contributed by atoms with Gasteiger partial charge in [0, 0.05) is 19.7 Å². The molecule has 3 heteroatoms. The molecule has 1 fully saturated rings. The molecule has 0 radical (unpaired) electrons. The summed E-state index contributed by atoms with van der Waals surface area (Å²) in [5.41, 5.74) is 0. The van der Waals surface area contributed by atoms with E-state index in [4.69, 9.17) is 4.74 Å². The van der Waals surface area contributed by atoms with Crippen LogP contribution in [-0.4, -0.2) is 44.4 Å². The molecule has 0 aromatic heterocycles. The number of hydrogen-bond acceptors (Lipinski definition) is 2. The molecule has 0 bridgehead atoms. The van der Waals surface area contributed by atoms with Crippen molar-refractivity contribution in [3.8, 4) is 0 Å². The molecule has 0 amide bonds. The summed E-state index contributed by atoms with van der Waals surface area (Å²) in [7, 11) is 3.59. The van der Waals surface area contributed by atoms with Crippen molar-refractivity contribution in [1.29, 1.82) is 0 Å². The summed E-state index contributed by atoms with van der Waals surface area (Å²) in [5, 5.41) is 0. The second kappa shape index (κ2) is 3.30. The molecule has 1 aliphatic rings. The van der Waals surface area contributed by atoms with Crippen molar-refractivity contribution in [1.82, 2.24) is 4.90 Å². The predicted octanol–water partition coefficient (Wildman–Crippen LogP) is 0.675. The summed E-state index contributed by atoms with van der Waals surface area (Å²) >= 11 is 0. The second-order valence-electron chi connectivity index (χ2n) is 2.88. The van der Waals surface area contributed by atoms with Crippen molar-refractivity contribution in [3.05, 3.63) is 0 Å². The first kappa shape index (κ1) is 7.95. The minimum atomic E-state index is -0.648. The molecule has 1 rings (SSSR count). The van der Waals surface area contributed by atoms with Crippen molar-refractivity contribution in [3.63, 3.8) is 0 Å². The van der Waals surface area contributed by atoms with Gasteiger partial charge >= 0.3 is 0 Å². The van der Waals surface area contributed by atoms with E-state index >= 15 is 0 Å². The highest BCUT2D eigenvalue weighted by Gasteiger charge is 2.28. The first-order valence-electron chi connectivity index (χ1n) is 3.57. The Morgan fingerprint density at radius 3 is 2.80 bits per heavy atom. The van der Waals surface area contributed by atoms with Gasteiger partial charge in [-0.25, -0.2) is 4.39 Å². The lowest BCUT2D eigenvalue weighted by molar-refractivity contribution is 0.129. The van der Waals surface area contributed by atoms with Gasteiger partial charge in [0.1, 0.15) is 6.17 Å². The van der Waals surface area contributed by atoms with Gasteiger partial charge in [0.25, 0.3) is 0 Å². The molecule has 0 spiro atoms. The maximum Gasteiger partial charge on any atom is 0.114 e.